The molecule has 102 valence electrons. The van der Waals surface area contributed by atoms with Crippen LogP contribution in [0.2, 0.25) is 0 Å². The van der Waals surface area contributed by atoms with Gasteiger partial charge in [-0.2, -0.15) is 0 Å². The van der Waals surface area contributed by atoms with E-state index in [2.05, 4.69) is 39.6 Å². The Hall–Kier alpha value is -0.0400. The third-order valence-corrected chi connectivity index (χ3v) is 4.54. The summed E-state index contributed by atoms with van der Waals surface area (Å²) in [6, 6.07) is 0. The highest BCUT2D eigenvalue weighted by Gasteiger charge is 2.24. The van der Waals surface area contributed by atoms with Crippen molar-refractivity contribution in [3.8, 4) is 0 Å². The van der Waals surface area contributed by atoms with Crippen LogP contribution in [0.25, 0.3) is 0 Å². The fraction of sp³-hybridized carbons (Fsp3) is 1.00. The lowest BCUT2D eigenvalue weighted by Crippen LogP contribution is -2.27. The van der Waals surface area contributed by atoms with Crippen molar-refractivity contribution >= 4 is 0 Å². The average molecular weight is 239 g/mol. The molecule has 0 aromatic heterocycles. The Labute approximate surface area is 109 Å². The summed E-state index contributed by atoms with van der Waals surface area (Å²) in [6.07, 6.45) is 9.75. The van der Waals surface area contributed by atoms with E-state index in [1.54, 1.807) is 0 Å². The van der Waals surface area contributed by atoms with Gasteiger partial charge in [-0.15, -0.1) is 0 Å². The van der Waals surface area contributed by atoms with Crippen LogP contribution >= 0.6 is 0 Å². The molecule has 0 aliphatic carbocycles. The zero-order valence-corrected chi connectivity index (χ0v) is 12.8. The largest absolute Gasteiger partial charge is 0.306 e. The molecule has 1 aliphatic rings. The molecule has 1 fully saturated rings. The molecule has 0 saturated carbocycles. The first-order chi connectivity index (χ1) is 7.81. The predicted molar refractivity (Wildman–Crippen MR) is 77.4 cm³/mol. The molecule has 0 unspecified atom stereocenters. The minimum Gasteiger partial charge on any atom is -0.306 e. The van der Waals surface area contributed by atoms with Crippen LogP contribution in [0.15, 0.2) is 0 Å². The van der Waals surface area contributed by atoms with Crippen molar-refractivity contribution in [1.29, 1.82) is 0 Å². The lowest BCUT2D eigenvalue weighted by atomic mass is 9.75. The van der Waals surface area contributed by atoms with Crippen LogP contribution in [0, 0.1) is 10.8 Å². The SMILES string of the molecule is CN1CCCCCC(C)(C)CCC(C)(C)CC1. The van der Waals surface area contributed by atoms with E-state index in [1.807, 2.05) is 0 Å². The Morgan fingerprint density at radius 1 is 0.647 bits per heavy atom. The van der Waals surface area contributed by atoms with Gasteiger partial charge in [0.15, 0.2) is 0 Å². The first kappa shape index (κ1) is 15.0. The molecule has 0 aromatic rings. The third-order valence-electron chi connectivity index (χ3n) is 4.54. The molecule has 1 heteroatoms. The van der Waals surface area contributed by atoms with Crippen LogP contribution in [0.4, 0.5) is 0 Å². The van der Waals surface area contributed by atoms with Crippen LogP contribution < -0.4 is 0 Å². The smallest absolute Gasteiger partial charge is 0.00167 e. The molecule has 1 heterocycles. The molecule has 1 aliphatic heterocycles. The predicted octanol–water partition coefficient (Wildman–Crippen LogP) is 4.71. The van der Waals surface area contributed by atoms with Gasteiger partial charge in [0, 0.05) is 0 Å². The normalized spacial score (nSPS) is 28.1. The summed E-state index contributed by atoms with van der Waals surface area (Å²) < 4.78 is 0. The number of nitrogens with zero attached hydrogens (tertiary/aromatic N) is 1. The average Bonchev–Trinajstić information content (AvgIpc) is 2.23. The molecule has 1 nitrogen and oxygen atoms in total. The lowest BCUT2D eigenvalue weighted by molar-refractivity contribution is 0.181. The van der Waals surface area contributed by atoms with E-state index in [0.29, 0.717) is 10.8 Å². The Bertz CT molecular complexity index is 218. The van der Waals surface area contributed by atoms with Gasteiger partial charge < -0.3 is 4.90 Å². The first-order valence-electron chi connectivity index (χ1n) is 7.49. The monoisotopic (exact) mass is 239 g/mol. The fourth-order valence-corrected chi connectivity index (χ4v) is 2.69. The van der Waals surface area contributed by atoms with Crippen LogP contribution in [0.5, 0.6) is 0 Å². The van der Waals surface area contributed by atoms with Gasteiger partial charge in [-0.25, -0.2) is 0 Å². The molecule has 0 amide bonds. The van der Waals surface area contributed by atoms with E-state index >= 15 is 0 Å². The number of hydrogen-bond donors (Lipinski definition) is 0. The van der Waals surface area contributed by atoms with Crippen LogP contribution in [0.1, 0.15) is 72.6 Å². The van der Waals surface area contributed by atoms with Gasteiger partial charge in [0.05, 0.1) is 0 Å². The summed E-state index contributed by atoms with van der Waals surface area (Å²) in [6.45, 7) is 12.4. The van der Waals surface area contributed by atoms with Gasteiger partial charge in [-0.05, 0) is 63.1 Å². The van der Waals surface area contributed by atoms with E-state index in [1.165, 1.54) is 58.0 Å². The maximum Gasteiger partial charge on any atom is -0.00167 e. The van der Waals surface area contributed by atoms with Crippen molar-refractivity contribution in [3.63, 3.8) is 0 Å². The Morgan fingerprint density at radius 3 is 1.88 bits per heavy atom. The van der Waals surface area contributed by atoms with Crippen molar-refractivity contribution < 1.29 is 0 Å². The Kier molecular flexibility index (Phi) is 5.50. The lowest BCUT2D eigenvalue weighted by Gasteiger charge is -2.33. The quantitative estimate of drug-likeness (QED) is 0.591. The highest BCUT2D eigenvalue weighted by atomic mass is 15.1. The maximum absolute atomic E-state index is 2.52. The van der Waals surface area contributed by atoms with Gasteiger partial charge >= 0.3 is 0 Å². The second-order valence-electron chi connectivity index (χ2n) is 7.69. The summed E-state index contributed by atoms with van der Waals surface area (Å²) in [5, 5.41) is 0. The highest BCUT2D eigenvalue weighted by molar-refractivity contribution is 4.77. The standard InChI is InChI=1S/C16H33N/c1-15(2)9-7-6-8-13-17(5)14-12-16(3,4)11-10-15/h6-14H2,1-5H3. The van der Waals surface area contributed by atoms with Gasteiger partial charge in [-0.3, -0.25) is 0 Å². The summed E-state index contributed by atoms with van der Waals surface area (Å²) in [5.74, 6) is 0. The molecule has 0 radical (unpaired) electrons. The Balaban J connectivity index is 2.54. The molecule has 1 saturated heterocycles. The van der Waals surface area contributed by atoms with E-state index in [4.69, 9.17) is 0 Å². The van der Waals surface area contributed by atoms with E-state index in [0.717, 1.165) is 0 Å². The van der Waals surface area contributed by atoms with E-state index < -0.39 is 0 Å². The zero-order valence-electron chi connectivity index (χ0n) is 12.8. The summed E-state index contributed by atoms with van der Waals surface area (Å²) in [7, 11) is 2.28. The van der Waals surface area contributed by atoms with Gasteiger partial charge in [0.25, 0.3) is 0 Å². The maximum atomic E-state index is 2.52. The molecule has 0 spiro atoms. The van der Waals surface area contributed by atoms with Gasteiger partial charge in [0.2, 0.25) is 0 Å². The van der Waals surface area contributed by atoms with E-state index in [9.17, 15) is 0 Å². The third kappa shape index (κ3) is 6.45. The molecule has 0 bridgehead atoms. The molecule has 0 N–H and O–H groups in total. The van der Waals surface area contributed by atoms with E-state index in [-0.39, 0.29) is 0 Å². The zero-order chi connectivity index (χ0) is 12.9. The second kappa shape index (κ2) is 6.22. The van der Waals surface area contributed by atoms with Crippen molar-refractivity contribution in [2.75, 3.05) is 20.1 Å². The Morgan fingerprint density at radius 2 is 1.24 bits per heavy atom. The number of hydrogen-bond acceptors (Lipinski definition) is 1. The molecule has 0 aromatic carbocycles. The summed E-state index contributed by atoms with van der Waals surface area (Å²) in [4.78, 5) is 2.52. The molecule has 1 rings (SSSR count). The number of rotatable bonds is 0. The van der Waals surface area contributed by atoms with Crippen molar-refractivity contribution in [2.24, 2.45) is 10.8 Å². The van der Waals surface area contributed by atoms with Crippen LogP contribution in [0.3, 0.4) is 0 Å². The van der Waals surface area contributed by atoms with Crippen molar-refractivity contribution in [2.45, 2.75) is 72.6 Å². The van der Waals surface area contributed by atoms with Gasteiger partial charge in [-0.1, -0.05) is 40.5 Å². The minimum absolute atomic E-state index is 0.519. The topological polar surface area (TPSA) is 3.24 Å². The summed E-state index contributed by atoms with van der Waals surface area (Å²) in [5.41, 5.74) is 1.08. The van der Waals surface area contributed by atoms with Crippen LogP contribution in [-0.4, -0.2) is 25.0 Å². The van der Waals surface area contributed by atoms with Crippen molar-refractivity contribution in [3.05, 3.63) is 0 Å². The van der Waals surface area contributed by atoms with Gasteiger partial charge in [0.1, 0.15) is 0 Å². The fourth-order valence-electron chi connectivity index (χ4n) is 2.69. The molecule has 0 atom stereocenters. The minimum atomic E-state index is 0.519. The molecular formula is C16H33N. The first-order valence-corrected chi connectivity index (χ1v) is 7.49. The molecular weight excluding hydrogens is 206 g/mol. The van der Waals surface area contributed by atoms with Crippen LogP contribution in [-0.2, 0) is 0 Å². The molecule has 17 heavy (non-hydrogen) atoms. The summed E-state index contributed by atoms with van der Waals surface area (Å²) >= 11 is 0. The highest BCUT2D eigenvalue weighted by Crippen LogP contribution is 2.36. The second-order valence-corrected chi connectivity index (χ2v) is 7.69. The van der Waals surface area contributed by atoms with Crippen molar-refractivity contribution in [1.82, 2.24) is 4.90 Å².